The molecule has 1 aliphatic heterocycles. The van der Waals surface area contributed by atoms with Gasteiger partial charge in [0.15, 0.2) is 0 Å². The number of fused-ring (bicyclic) bond motifs is 1. The predicted octanol–water partition coefficient (Wildman–Crippen LogP) is 3.36. The number of hydrogen-bond acceptors (Lipinski definition) is 2. The van der Waals surface area contributed by atoms with E-state index >= 15 is 0 Å². The third-order valence-electron chi connectivity index (χ3n) is 4.40. The largest absolute Gasteiger partial charge is 0.384 e. The Morgan fingerprint density at radius 2 is 2.00 bits per heavy atom. The molecular weight excluding hydrogens is 246 g/mol. The standard InChI is InChI=1S/C17H21N3/c1-2-12-9-10-20(11-12)16-8-7-15(17(18)19)13-5-3-4-6-14(13)16/h3-8,12H,2,9-11H2,1H3,(H3,18,19). The zero-order valence-corrected chi connectivity index (χ0v) is 11.9. The second-order valence-corrected chi connectivity index (χ2v) is 5.60. The van der Waals surface area contributed by atoms with Crippen LogP contribution in [-0.4, -0.2) is 18.9 Å². The lowest BCUT2D eigenvalue weighted by atomic mass is 10.0. The summed E-state index contributed by atoms with van der Waals surface area (Å²) in [6.07, 6.45) is 2.53. The molecule has 3 N–H and O–H groups in total. The van der Waals surface area contributed by atoms with E-state index in [1.807, 2.05) is 12.1 Å². The first-order chi connectivity index (χ1) is 9.70. The molecule has 1 saturated heterocycles. The lowest BCUT2D eigenvalue weighted by Crippen LogP contribution is -2.20. The molecule has 2 aromatic rings. The van der Waals surface area contributed by atoms with E-state index in [0.717, 1.165) is 30.0 Å². The number of nitrogens with one attached hydrogen (secondary N) is 1. The Morgan fingerprint density at radius 3 is 2.65 bits per heavy atom. The lowest BCUT2D eigenvalue weighted by molar-refractivity contribution is 0.569. The van der Waals surface area contributed by atoms with E-state index in [1.165, 1.54) is 23.9 Å². The van der Waals surface area contributed by atoms with Crippen molar-refractivity contribution in [3.63, 3.8) is 0 Å². The van der Waals surface area contributed by atoms with Crippen molar-refractivity contribution in [3.8, 4) is 0 Å². The van der Waals surface area contributed by atoms with Crippen LogP contribution >= 0.6 is 0 Å². The van der Waals surface area contributed by atoms with Crippen molar-refractivity contribution < 1.29 is 0 Å². The fourth-order valence-electron chi connectivity index (χ4n) is 3.18. The molecule has 20 heavy (non-hydrogen) atoms. The highest BCUT2D eigenvalue weighted by atomic mass is 15.2. The SMILES string of the molecule is CCC1CCN(c2ccc(C(=N)N)c3ccccc23)C1. The molecule has 1 heterocycles. The van der Waals surface area contributed by atoms with Gasteiger partial charge in [-0.15, -0.1) is 0 Å². The highest BCUT2D eigenvalue weighted by Gasteiger charge is 2.22. The van der Waals surface area contributed by atoms with Crippen LogP contribution in [0.5, 0.6) is 0 Å². The van der Waals surface area contributed by atoms with E-state index in [2.05, 4.69) is 36.1 Å². The van der Waals surface area contributed by atoms with Gasteiger partial charge in [-0.25, -0.2) is 0 Å². The van der Waals surface area contributed by atoms with Gasteiger partial charge in [0.1, 0.15) is 5.84 Å². The second kappa shape index (κ2) is 5.16. The topological polar surface area (TPSA) is 53.1 Å². The van der Waals surface area contributed by atoms with Crippen LogP contribution in [0.1, 0.15) is 25.3 Å². The molecule has 104 valence electrons. The Balaban J connectivity index is 2.09. The van der Waals surface area contributed by atoms with Crippen molar-refractivity contribution in [2.24, 2.45) is 11.7 Å². The molecule has 1 unspecified atom stereocenters. The first kappa shape index (κ1) is 13.0. The number of rotatable bonds is 3. The smallest absolute Gasteiger partial charge is 0.123 e. The Hall–Kier alpha value is -2.03. The summed E-state index contributed by atoms with van der Waals surface area (Å²) in [5, 5.41) is 10.0. The van der Waals surface area contributed by atoms with E-state index in [-0.39, 0.29) is 5.84 Å². The van der Waals surface area contributed by atoms with E-state index in [1.54, 1.807) is 0 Å². The van der Waals surface area contributed by atoms with Crippen LogP contribution in [0.15, 0.2) is 36.4 Å². The lowest BCUT2D eigenvalue weighted by Gasteiger charge is -2.21. The highest BCUT2D eigenvalue weighted by Crippen LogP contribution is 2.33. The minimum atomic E-state index is 0.139. The molecule has 0 amide bonds. The first-order valence-electron chi connectivity index (χ1n) is 7.31. The molecule has 1 aliphatic rings. The Kier molecular flexibility index (Phi) is 3.35. The maximum absolute atomic E-state index is 7.72. The molecule has 0 saturated carbocycles. The molecule has 1 fully saturated rings. The number of nitrogens with zero attached hydrogens (tertiary/aromatic N) is 1. The van der Waals surface area contributed by atoms with Gasteiger partial charge in [0.25, 0.3) is 0 Å². The zero-order valence-electron chi connectivity index (χ0n) is 11.9. The molecule has 0 bridgehead atoms. The van der Waals surface area contributed by atoms with Crippen LogP contribution in [0.4, 0.5) is 5.69 Å². The fourth-order valence-corrected chi connectivity index (χ4v) is 3.18. The van der Waals surface area contributed by atoms with Crippen LogP contribution in [0.3, 0.4) is 0 Å². The summed E-state index contributed by atoms with van der Waals surface area (Å²) in [6.45, 7) is 4.53. The maximum atomic E-state index is 7.72. The minimum Gasteiger partial charge on any atom is -0.384 e. The van der Waals surface area contributed by atoms with Gasteiger partial charge in [0.05, 0.1) is 0 Å². The molecule has 3 rings (SSSR count). The number of amidine groups is 1. The van der Waals surface area contributed by atoms with Crippen LogP contribution in [0.25, 0.3) is 10.8 Å². The van der Waals surface area contributed by atoms with Crippen LogP contribution < -0.4 is 10.6 Å². The summed E-state index contributed by atoms with van der Waals surface area (Å²) >= 11 is 0. The van der Waals surface area contributed by atoms with Crippen molar-refractivity contribution in [2.75, 3.05) is 18.0 Å². The molecule has 3 heteroatoms. The van der Waals surface area contributed by atoms with Gasteiger partial charge < -0.3 is 10.6 Å². The first-order valence-corrected chi connectivity index (χ1v) is 7.31. The summed E-state index contributed by atoms with van der Waals surface area (Å²) in [7, 11) is 0. The number of hydrogen-bond donors (Lipinski definition) is 2. The van der Waals surface area contributed by atoms with Gasteiger partial charge in [-0.1, -0.05) is 37.6 Å². The summed E-state index contributed by atoms with van der Waals surface area (Å²) in [5.41, 5.74) is 7.81. The summed E-state index contributed by atoms with van der Waals surface area (Å²) in [5.74, 6) is 0.946. The minimum absolute atomic E-state index is 0.139. The molecular formula is C17H21N3. The summed E-state index contributed by atoms with van der Waals surface area (Å²) < 4.78 is 0. The quantitative estimate of drug-likeness (QED) is 0.662. The Morgan fingerprint density at radius 1 is 1.25 bits per heavy atom. The number of benzene rings is 2. The molecule has 0 aliphatic carbocycles. The zero-order chi connectivity index (χ0) is 14.1. The third kappa shape index (κ3) is 2.13. The van der Waals surface area contributed by atoms with Crippen molar-refractivity contribution in [1.82, 2.24) is 0 Å². The van der Waals surface area contributed by atoms with Crippen molar-refractivity contribution >= 4 is 22.3 Å². The summed E-state index contributed by atoms with van der Waals surface area (Å²) in [6, 6.07) is 12.4. The van der Waals surface area contributed by atoms with E-state index in [9.17, 15) is 0 Å². The van der Waals surface area contributed by atoms with Gasteiger partial charge in [-0.2, -0.15) is 0 Å². The van der Waals surface area contributed by atoms with Crippen LogP contribution in [-0.2, 0) is 0 Å². The Labute approximate surface area is 119 Å². The number of anilines is 1. The average molecular weight is 267 g/mol. The molecule has 0 aromatic heterocycles. The number of nitrogen functional groups attached to an aromatic ring is 1. The van der Waals surface area contributed by atoms with Crippen LogP contribution in [0, 0.1) is 11.3 Å². The summed E-state index contributed by atoms with van der Waals surface area (Å²) in [4.78, 5) is 2.47. The monoisotopic (exact) mass is 267 g/mol. The van der Waals surface area contributed by atoms with E-state index < -0.39 is 0 Å². The van der Waals surface area contributed by atoms with Gasteiger partial charge in [0.2, 0.25) is 0 Å². The number of nitrogens with two attached hydrogens (primary N) is 1. The van der Waals surface area contributed by atoms with Crippen molar-refractivity contribution in [3.05, 3.63) is 42.0 Å². The molecule has 3 nitrogen and oxygen atoms in total. The van der Waals surface area contributed by atoms with Crippen LogP contribution in [0.2, 0.25) is 0 Å². The Bertz CT molecular complexity index is 648. The third-order valence-corrected chi connectivity index (χ3v) is 4.40. The van der Waals surface area contributed by atoms with Crippen molar-refractivity contribution in [2.45, 2.75) is 19.8 Å². The van der Waals surface area contributed by atoms with Gasteiger partial charge in [0, 0.05) is 29.7 Å². The van der Waals surface area contributed by atoms with E-state index in [4.69, 9.17) is 11.1 Å². The second-order valence-electron chi connectivity index (χ2n) is 5.60. The van der Waals surface area contributed by atoms with Gasteiger partial charge in [-0.3, -0.25) is 5.41 Å². The van der Waals surface area contributed by atoms with E-state index in [0.29, 0.717) is 0 Å². The molecule has 0 radical (unpaired) electrons. The predicted molar refractivity (Wildman–Crippen MR) is 85.6 cm³/mol. The molecule has 1 atom stereocenters. The normalized spacial score (nSPS) is 18.6. The average Bonchev–Trinajstić information content (AvgIpc) is 2.94. The highest BCUT2D eigenvalue weighted by molar-refractivity contribution is 6.10. The van der Waals surface area contributed by atoms with Gasteiger partial charge in [-0.05, 0) is 29.9 Å². The maximum Gasteiger partial charge on any atom is 0.123 e. The van der Waals surface area contributed by atoms with Gasteiger partial charge >= 0.3 is 0 Å². The van der Waals surface area contributed by atoms with Crippen molar-refractivity contribution in [1.29, 1.82) is 5.41 Å². The fraction of sp³-hybridized carbons (Fsp3) is 0.353. The molecule has 2 aromatic carbocycles. The molecule has 0 spiro atoms.